The van der Waals surface area contributed by atoms with Gasteiger partial charge in [-0.25, -0.2) is 0 Å². The summed E-state index contributed by atoms with van der Waals surface area (Å²) in [5.41, 5.74) is 8.01. The van der Waals surface area contributed by atoms with Crippen molar-refractivity contribution in [3.63, 3.8) is 0 Å². The standard InChI is InChI=1S/C48H32N2/c1-2-12-32(13-3-1)31-49-46(37-23-22-33-14-4-5-16-36(33)30-37)35-24-27-38(28-25-35)50-47-39-17-7-6-15-34(39)26-29-44(47)45-42-20-10-8-18-40(42)41-19-9-11-21-43(41)48(45)50/h1-30H,31H2. The predicted molar refractivity (Wildman–Crippen MR) is 213 cm³/mol. The van der Waals surface area contributed by atoms with Crippen LogP contribution in [0.4, 0.5) is 0 Å². The number of benzene rings is 9. The molecule has 2 heteroatoms. The lowest BCUT2D eigenvalue weighted by molar-refractivity contribution is 1.07. The molecular weight excluding hydrogens is 605 g/mol. The summed E-state index contributed by atoms with van der Waals surface area (Å²) >= 11 is 0. The molecule has 0 spiro atoms. The molecule has 9 aromatic carbocycles. The minimum atomic E-state index is 0.614. The van der Waals surface area contributed by atoms with Gasteiger partial charge in [0, 0.05) is 38.4 Å². The summed E-state index contributed by atoms with van der Waals surface area (Å²) in [6.45, 7) is 0.614. The summed E-state index contributed by atoms with van der Waals surface area (Å²) in [5, 5.41) is 12.6. The van der Waals surface area contributed by atoms with E-state index in [9.17, 15) is 0 Å². The number of fused-ring (bicyclic) bond motifs is 11. The van der Waals surface area contributed by atoms with E-state index in [2.05, 4.69) is 187 Å². The van der Waals surface area contributed by atoms with Gasteiger partial charge in [0.15, 0.2) is 0 Å². The van der Waals surface area contributed by atoms with Gasteiger partial charge in [-0.2, -0.15) is 0 Å². The normalized spacial score (nSPS) is 12.2. The lowest BCUT2D eigenvalue weighted by Crippen LogP contribution is -2.05. The summed E-state index contributed by atoms with van der Waals surface area (Å²) in [7, 11) is 0. The zero-order valence-corrected chi connectivity index (χ0v) is 27.4. The Hall–Kier alpha value is -6.51. The van der Waals surface area contributed by atoms with Crippen molar-refractivity contribution in [3.05, 3.63) is 199 Å². The van der Waals surface area contributed by atoms with Crippen LogP contribution in [0, 0.1) is 0 Å². The van der Waals surface area contributed by atoms with Crippen molar-refractivity contribution >= 4 is 70.6 Å². The van der Waals surface area contributed by atoms with E-state index in [0.29, 0.717) is 6.54 Å². The fourth-order valence-electron chi connectivity index (χ4n) is 7.90. The molecule has 0 saturated carbocycles. The fraction of sp³-hybridized carbons (Fsp3) is 0.0208. The maximum absolute atomic E-state index is 5.26. The number of hydrogen-bond acceptors (Lipinski definition) is 1. The Bertz CT molecular complexity index is 2930. The Morgan fingerprint density at radius 3 is 1.76 bits per heavy atom. The maximum atomic E-state index is 5.26. The summed E-state index contributed by atoms with van der Waals surface area (Å²) < 4.78 is 2.50. The average molecular weight is 637 g/mol. The summed E-state index contributed by atoms with van der Waals surface area (Å²) in [4.78, 5) is 5.26. The second kappa shape index (κ2) is 11.6. The molecule has 0 N–H and O–H groups in total. The SMILES string of the molecule is c1ccc(CN=C(c2ccc(-n3c4c5ccccc5ccc4c4c5ccccc5c5ccccc5c43)cc2)c2ccc3ccccc3c2)cc1. The monoisotopic (exact) mass is 636 g/mol. The predicted octanol–water partition coefficient (Wildman–Crippen LogP) is 12.4. The Morgan fingerprint density at radius 2 is 0.980 bits per heavy atom. The topological polar surface area (TPSA) is 17.3 Å². The van der Waals surface area contributed by atoms with Crippen molar-refractivity contribution in [1.29, 1.82) is 0 Å². The molecule has 1 aromatic heterocycles. The Balaban J connectivity index is 1.23. The average Bonchev–Trinajstić information content (AvgIpc) is 3.55. The van der Waals surface area contributed by atoms with Crippen LogP contribution >= 0.6 is 0 Å². The molecule has 0 amide bonds. The highest BCUT2D eigenvalue weighted by Crippen LogP contribution is 2.44. The van der Waals surface area contributed by atoms with Gasteiger partial charge in [-0.3, -0.25) is 4.99 Å². The summed E-state index contributed by atoms with van der Waals surface area (Å²) in [6, 6.07) is 65.9. The fourth-order valence-corrected chi connectivity index (χ4v) is 7.90. The Morgan fingerprint density at radius 1 is 0.400 bits per heavy atom. The van der Waals surface area contributed by atoms with Gasteiger partial charge in [-0.05, 0) is 56.1 Å². The molecule has 50 heavy (non-hydrogen) atoms. The second-order valence-corrected chi connectivity index (χ2v) is 13.1. The van der Waals surface area contributed by atoms with Gasteiger partial charge >= 0.3 is 0 Å². The van der Waals surface area contributed by atoms with E-state index in [1.54, 1.807) is 0 Å². The van der Waals surface area contributed by atoms with Gasteiger partial charge in [0.2, 0.25) is 0 Å². The first-order chi connectivity index (χ1) is 24.8. The first-order valence-corrected chi connectivity index (χ1v) is 17.3. The molecule has 0 aliphatic carbocycles. The lowest BCUT2D eigenvalue weighted by Gasteiger charge is -2.14. The van der Waals surface area contributed by atoms with Crippen molar-refractivity contribution in [3.8, 4) is 5.69 Å². The van der Waals surface area contributed by atoms with Gasteiger partial charge in [0.1, 0.15) is 0 Å². The molecule has 0 atom stereocenters. The third-order valence-electron chi connectivity index (χ3n) is 10.2. The lowest BCUT2D eigenvalue weighted by atomic mass is 9.96. The minimum absolute atomic E-state index is 0.614. The Kier molecular flexibility index (Phi) is 6.60. The molecule has 0 fully saturated rings. The molecule has 0 bridgehead atoms. The number of hydrogen-bond donors (Lipinski definition) is 0. The highest BCUT2D eigenvalue weighted by atomic mass is 15.0. The molecule has 0 radical (unpaired) electrons. The minimum Gasteiger partial charge on any atom is -0.308 e. The number of rotatable bonds is 5. The van der Waals surface area contributed by atoms with Gasteiger partial charge in [-0.15, -0.1) is 0 Å². The second-order valence-electron chi connectivity index (χ2n) is 13.1. The Labute approximate surface area is 290 Å². The van der Waals surface area contributed by atoms with Crippen LogP contribution in [0.3, 0.4) is 0 Å². The smallest absolute Gasteiger partial charge is 0.0723 e. The third-order valence-corrected chi connectivity index (χ3v) is 10.2. The number of aliphatic imine (C=N–C) groups is 1. The first-order valence-electron chi connectivity index (χ1n) is 17.3. The van der Waals surface area contributed by atoms with Crippen molar-refractivity contribution < 1.29 is 0 Å². The molecule has 1 heterocycles. The van der Waals surface area contributed by atoms with Crippen LogP contribution in [-0.4, -0.2) is 10.3 Å². The molecule has 0 aliphatic heterocycles. The molecule has 2 nitrogen and oxygen atoms in total. The molecule has 0 aliphatic rings. The van der Waals surface area contributed by atoms with Crippen LogP contribution in [0.2, 0.25) is 0 Å². The largest absolute Gasteiger partial charge is 0.308 e. The zero-order chi connectivity index (χ0) is 33.0. The van der Waals surface area contributed by atoms with Crippen molar-refractivity contribution in [2.45, 2.75) is 6.54 Å². The van der Waals surface area contributed by atoms with Gasteiger partial charge in [-0.1, -0.05) is 164 Å². The molecule has 0 unspecified atom stereocenters. The quantitative estimate of drug-likeness (QED) is 0.132. The van der Waals surface area contributed by atoms with E-state index >= 15 is 0 Å². The van der Waals surface area contributed by atoms with Crippen LogP contribution in [0.1, 0.15) is 16.7 Å². The van der Waals surface area contributed by atoms with Crippen LogP contribution in [-0.2, 0) is 6.54 Å². The molecule has 234 valence electrons. The highest BCUT2D eigenvalue weighted by molar-refractivity contribution is 6.34. The van der Waals surface area contributed by atoms with E-state index in [-0.39, 0.29) is 0 Å². The van der Waals surface area contributed by atoms with Crippen LogP contribution < -0.4 is 0 Å². The molecule has 10 aromatic rings. The van der Waals surface area contributed by atoms with E-state index in [1.807, 2.05) is 0 Å². The third kappa shape index (κ3) is 4.53. The molecule has 10 rings (SSSR count). The maximum Gasteiger partial charge on any atom is 0.0723 e. The zero-order valence-electron chi connectivity index (χ0n) is 27.4. The van der Waals surface area contributed by atoms with Crippen molar-refractivity contribution in [1.82, 2.24) is 4.57 Å². The first kappa shape index (κ1) is 28.5. The molecular formula is C48H32N2. The summed E-state index contributed by atoms with van der Waals surface area (Å²) in [6.07, 6.45) is 0. The summed E-state index contributed by atoms with van der Waals surface area (Å²) in [5.74, 6) is 0. The molecule has 0 saturated heterocycles. The number of aromatic nitrogens is 1. The van der Waals surface area contributed by atoms with E-state index in [1.165, 1.54) is 70.5 Å². The highest BCUT2D eigenvalue weighted by Gasteiger charge is 2.20. The van der Waals surface area contributed by atoms with Crippen LogP contribution in [0.15, 0.2) is 187 Å². The van der Waals surface area contributed by atoms with E-state index in [0.717, 1.165) is 22.5 Å². The van der Waals surface area contributed by atoms with Gasteiger partial charge in [0.05, 0.1) is 23.3 Å². The van der Waals surface area contributed by atoms with Crippen molar-refractivity contribution in [2.75, 3.05) is 0 Å². The number of nitrogens with zero attached hydrogens (tertiary/aromatic N) is 2. The van der Waals surface area contributed by atoms with Gasteiger partial charge in [0.25, 0.3) is 0 Å². The van der Waals surface area contributed by atoms with E-state index < -0.39 is 0 Å². The van der Waals surface area contributed by atoms with Crippen molar-refractivity contribution in [2.24, 2.45) is 4.99 Å². The van der Waals surface area contributed by atoms with Crippen LogP contribution in [0.5, 0.6) is 0 Å². The van der Waals surface area contributed by atoms with Crippen LogP contribution in [0.25, 0.3) is 70.6 Å². The van der Waals surface area contributed by atoms with Gasteiger partial charge < -0.3 is 4.57 Å². The van der Waals surface area contributed by atoms with E-state index in [4.69, 9.17) is 4.99 Å².